The first-order chi connectivity index (χ1) is 23.4. The van der Waals surface area contributed by atoms with Crippen LogP contribution in [-0.2, 0) is 17.7 Å². The van der Waals surface area contributed by atoms with Gasteiger partial charge in [0.2, 0.25) is 11.8 Å². The minimum Gasteiger partial charge on any atom is -0.394 e. The van der Waals surface area contributed by atoms with Gasteiger partial charge in [-0.25, -0.2) is 9.78 Å². The first-order valence-corrected chi connectivity index (χ1v) is 16.4. The van der Waals surface area contributed by atoms with Crippen molar-refractivity contribution in [1.82, 2.24) is 55.7 Å². The maximum atomic E-state index is 12.7. The normalized spacial score (nSPS) is 26.3. The van der Waals surface area contributed by atoms with Gasteiger partial charge in [0.15, 0.2) is 29.3 Å². The minimum absolute atomic E-state index is 0.109. The fraction of sp³-hybridized carbons (Fsp3) is 0.567. The molecule has 18 nitrogen and oxygen atoms in total. The number of aliphatic hydroxyl groups is 3. The molecular formula is C30H41N13O5. The molecule has 6 heterocycles. The molecule has 2 amide bonds. The van der Waals surface area contributed by atoms with Crippen molar-refractivity contribution >= 4 is 29.0 Å². The van der Waals surface area contributed by atoms with Gasteiger partial charge in [0, 0.05) is 31.7 Å². The summed E-state index contributed by atoms with van der Waals surface area (Å²) in [6.45, 7) is 4.89. The number of carbonyl (C=O) groups excluding carboxylic acids is 1. The van der Waals surface area contributed by atoms with Crippen LogP contribution < -0.4 is 26.2 Å². The number of fused-ring (bicyclic) bond motifs is 1. The van der Waals surface area contributed by atoms with Crippen LogP contribution in [0, 0.1) is 0 Å². The van der Waals surface area contributed by atoms with Gasteiger partial charge in [-0.2, -0.15) is 14.8 Å². The molecule has 7 rings (SSSR count). The lowest BCUT2D eigenvalue weighted by Gasteiger charge is -2.22. The van der Waals surface area contributed by atoms with Gasteiger partial charge >= 0.3 is 6.03 Å². The highest BCUT2D eigenvalue weighted by Crippen LogP contribution is 2.39. The van der Waals surface area contributed by atoms with E-state index >= 15 is 0 Å². The van der Waals surface area contributed by atoms with Crippen molar-refractivity contribution in [2.45, 2.75) is 75.4 Å². The molecule has 7 atom stereocenters. The number of tetrazole rings is 1. The van der Waals surface area contributed by atoms with E-state index in [1.807, 2.05) is 42.2 Å². The molecule has 0 radical (unpaired) electrons. The molecule has 0 saturated carbocycles. The van der Waals surface area contributed by atoms with E-state index in [0.29, 0.717) is 55.4 Å². The van der Waals surface area contributed by atoms with Crippen LogP contribution >= 0.6 is 0 Å². The fourth-order valence-corrected chi connectivity index (χ4v) is 6.44. The van der Waals surface area contributed by atoms with Crippen molar-refractivity contribution in [3.8, 4) is 0 Å². The summed E-state index contributed by atoms with van der Waals surface area (Å²) in [7, 11) is 0. The van der Waals surface area contributed by atoms with Crippen LogP contribution in [0.4, 0.5) is 16.6 Å². The summed E-state index contributed by atoms with van der Waals surface area (Å²) in [5, 5.41) is 57.3. The van der Waals surface area contributed by atoms with E-state index < -0.39 is 30.6 Å². The van der Waals surface area contributed by atoms with Crippen molar-refractivity contribution < 1.29 is 24.9 Å². The molecule has 3 saturated heterocycles. The summed E-state index contributed by atoms with van der Waals surface area (Å²) in [5.41, 5.74) is 1.78. The number of nitrogens with one attached hydrogen (secondary N) is 4. The zero-order chi connectivity index (χ0) is 33.2. The predicted octanol–water partition coefficient (Wildman–Crippen LogP) is -0.920. The van der Waals surface area contributed by atoms with Crippen molar-refractivity contribution in [3.63, 3.8) is 0 Å². The second-order valence-corrected chi connectivity index (χ2v) is 12.4. The Labute approximate surface area is 275 Å². The average Bonchev–Trinajstić information content (AvgIpc) is 3.94. The van der Waals surface area contributed by atoms with Gasteiger partial charge in [-0.1, -0.05) is 30.3 Å². The van der Waals surface area contributed by atoms with Gasteiger partial charge in [0.05, 0.1) is 25.5 Å². The third-order valence-corrected chi connectivity index (χ3v) is 9.02. The Morgan fingerprint density at radius 3 is 2.71 bits per heavy atom. The highest BCUT2D eigenvalue weighted by Gasteiger charge is 2.47. The zero-order valence-electron chi connectivity index (χ0n) is 26.6. The molecule has 3 aliphatic heterocycles. The van der Waals surface area contributed by atoms with E-state index in [0.717, 1.165) is 25.1 Å². The van der Waals surface area contributed by atoms with Gasteiger partial charge < -0.3 is 46.2 Å². The summed E-state index contributed by atoms with van der Waals surface area (Å²) >= 11 is 0. The number of aryl methyl sites for hydroxylation is 1. The number of imidazole rings is 1. The van der Waals surface area contributed by atoms with Crippen molar-refractivity contribution in [2.75, 3.05) is 43.0 Å². The highest BCUT2D eigenvalue weighted by atomic mass is 16.6. The summed E-state index contributed by atoms with van der Waals surface area (Å²) in [4.78, 5) is 30.3. The maximum Gasteiger partial charge on any atom is 0.315 e. The molecule has 0 spiro atoms. The number of benzene rings is 1. The Kier molecular flexibility index (Phi) is 9.31. The lowest BCUT2D eigenvalue weighted by atomic mass is 10.1. The number of ether oxygens (including phenoxy) is 1. The van der Waals surface area contributed by atoms with Gasteiger partial charge in [-0.15, -0.1) is 10.2 Å². The number of hydrogen-bond acceptors (Lipinski definition) is 14. The number of urea groups is 1. The summed E-state index contributed by atoms with van der Waals surface area (Å²) < 4.78 is 7.69. The predicted molar refractivity (Wildman–Crippen MR) is 172 cm³/mol. The quantitative estimate of drug-likeness (QED) is 0.103. The Balaban J connectivity index is 1.17. The van der Waals surface area contributed by atoms with Crippen LogP contribution in [0.5, 0.6) is 0 Å². The number of hydrogen-bond donors (Lipinski definition) is 7. The van der Waals surface area contributed by atoms with Crippen LogP contribution in [0.1, 0.15) is 43.5 Å². The number of nitrogens with zero attached hydrogens (tertiary/aromatic N) is 9. The van der Waals surface area contributed by atoms with Gasteiger partial charge in [-0.3, -0.25) is 4.57 Å². The molecule has 4 aromatic rings. The topological polar surface area (TPSA) is 226 Å². The molecule has 3 fully saturated rings. The Hall–Kier alpha value is -4.49. The average molecular weight is 664 g/mol. The Morgan fingerprint density at radius 2 is 1.96 bits per heavy atom. The SMILES string of the molecule is CCn1nnc([C@H]2O[C@@H](n3cnc4c(N[C@H](CO)Cc5ccccc5)nc(N5CC[C@@H](NC(=O)N[C@@H]6CCNC6)C5)nc43)[C@H](O)[C@@H]2O)n1. The molecular weight excluding hydrogens is 622 g/mol. The molecule has 3 aliphatic rings. The summed E-state index contributed by atoms with van der Waals surface area (Å²) in [6.07, 6.45) is -1.18. The van der Waals surface area contributed by atoms with Gasteiger partial charge in [0.25, 0.3) is 0 Å². The number of aliphatic hydroxyl groups excluding tert-OH is 3. The van der Waals surface area contributed by atoms with E-state index in [-0.39, 0.29) is 30.5 Å². The van der Waals surface area contributed by atoms with Gasteiger partial charge in [0.1, 0.15) is 12.2 Å². The molecule has 48 heavy (non-hydrogen) atoms. The van der Waals surface area contributed by atoms with Crippen LogP contribution in [0.25, 0.3) is 11.2 Å². The lowest BCUT2D eigenvalue weighted by molar-refractivity contribution is -0.0384. The highest BCUT2D eigenvalue weighted by molar-refractivity contribution is 5.84. The third kappa shape index (κ3) is 6.61. The van der Waals surface area contributed by atoms with Crippen LogP contribution in [0.2, 0.25) is 0 Å². The molecule has 3 aromatic heterocycles. The molecule has 18 heteroatoms. The van der Waals surface area contributed by atoms with Gasteiger partial charge in [-0.05, 0) is 43.5 Å². The Bertz CT molecular complexity index is 1700. The molecule has 1 aromatic carbocycles. The molecule has 256 valence electrons. The van der Waals surface area contributed by atoms with Crippen molar-refractivity contribution in [1.29, 1.82) is 0 Å². The van der Waals surface area contributed by atoms with Crippen molar-refractivity contribution in [2.24, 2.45) is 0 Å². The maximum absolute atomic E-state index is 12.7. The number of rotatable bonds is 11. The zero-order valence-corrected chi connectivity index (χ0v) is 26.6. The number of amides is 2. The summed E-state index contributed by atoms with van der Waals surface area (Å²) in [6, 6.07) is 9.21. The molecule has 0 unspecified atom stereocenters. The first kappa shape index (κ1) is 32.1. The van der Waals surface area contributed by atoms with E-state index in [4.69, 9.17) is 14.7 Å². The minimum atomic E-state index is -1.35. The van der Waals surface area contributed by atoms with E-state index in [2.05, 4.69) is 41.7 Å². The number of carbonyl (C=O) groups is 1. The van der Waals surface area contributed by atoms with Crippen LogP contribution in [0.3, 0.4) is 0 Å². The van der Waals surface area contributed by atoms with Crippen LogP contribution in [-0.4, -0.2) is 124 Å². The first-order valence-electron chi connectivity index (χ1n) is 16.4. The number of anilines is 2. The summed E-state index contributed by atoms with van der Waals surface area (Å²) in [5.74, 6) is 0.928. The third-order valence-electron chi connectivity index (χ3n) is 9.02. The molecule has 0 bridgehead atoms. The largest absolute Gasteiger partial charge is 0.394 e. The van der Waals surface area contributed by atoms with E-state index in [9.17, 15) is 20.1 Å². The Morgan fingerprint density at radius 1 is 1.12 bits per heavy atom. The smallest absolute Gasteiger partial charge is 0.315 e. The monoisotopic (exact) mass is 663 g/mol. The number of aromatic nitrogens is 8. The fourth-order valence-electron chi connectivity index (χ4n) is 6.44. The second kappa shape index (κ2) is 13.9. The van der Waals surface area contributed by atoms with E-state index in [1.165, 1.54) is 11.1 Å². The second-order valence-electron chi connectivity index (χ2n) is 12.4. The van der Waals surface area contributed by atoms with Crippen LogP contribution in [0.15, 0.2) is 36.7 Å². The molecule has 0 aliphatic carbocycles. The van der Waals surface area contributed by atoms with E-state index in [1.54, 1.807) is 4.57 Å². The lowest BCUT2D eigenvalue weighted by Crippen LogP contribution is -2.47. The molecule has 7 N–H and O–H groups in total. The van der Waals surface area contributed by atoms with Crippen molar-refractivity contribution in [3.05, 3.63) is 48.0 Å². The standard InChI is InChI=1S/C30H41N13O5/c1-2-43-39-26(38-40-43)24-22(45)23(46)28(48-24)42-16-32-21-25(33-20(15-44)12-17-6-4-3-5-7-17)36-29(37-27(21)42)41-11-9-19(14-41)35-30(47)34-18-8-10-31-13-18/h3-7,16,18-20,22-24,28,31,44-46H,2,8-15H2,1H3,(H,33,36,37)(H2,34,35,47)/t18-,19-,20+,22+,23-,24+,28-/m1/s1.